The van der Waals surface area contributed by atoms with Gasteiger partial charge in [-0.3, -0.25) is 4.79 Å². The maximum absolute atomic E-state index is 16.6. The van der Waals surface area contributed by atoms with E-state index in [2.05, 4.69) is 25.6 Å². The number of alkyl halides is 2. The summed E-state index contributed by atoms with van der Waals surface area (Å²) in [6, 6.07) is 2.04. The first-order valence-corrected chi connectivity index (χ1v) is 16.0. The fourth-order valence-electron chi connectivity index (χ4n) is 4.24. The molecule has 2 atom stereocenters. The van der Waals surface area contributed by atoms with Crippen molar-refractivity contribution in [3.05, 3.63) is 21.7 Å². The van der Waals surface area contributed by atoms with E-state index < -0.39 is 65.5 Å². The van der Waals surface area contributed by atoms with Gasteiger partial charge in [0.25, 0.3) is 6.43 Å². The van der Waals surface area contributed by atoms with Crippen LogP contribution in [0.1, 0.15) is 80.0 Å². The second-order valence-electron chi connectivity index (χ2n) is 10.7. The van der Waals surface area contributed by atoms with E-state index in [4.69, 9.17) is 0 Å². The quantitative estimate of drug-likeness (QED) is 0.200. The van der Waals surface area contributed by atoms with Gasteiger partial charge in [-0.2, -0.15) is 0 Å². The van der Waals surface area contributed by atoms with Crippen LogP contribution in [-0.4, -0.2) is 39.9 Å². The summed E-state index contributed by atoms with van der Waals surface area (Å²) in [5.74, 6) is -2.49. The van der Waals surface area contributed by atoms with E-state index in [0.717, 1.165) is 0 Å². The maximum Gasteiger partial charge on any atom is 0.306 e. The van der Waals surface area contributed by atoms with Gasteiger partial charge in [0.1, 0.15) is 20.9 Å². The Morgan fingerprint density at radius 1 is 1.15 bits per heavy atom. The van der Waals surface area contributed by atoms with Crippen molar-refractivity contribution in [2.45, 2.75) is 109 Å². The zero-order valence-corrected chi connectivity index (χ0v) is 24.9. The first kappa shape index (κ1) is 31.4. The number of pyridine rings is 1. The molecule has 0 bridgehead atoms. The lowest BCUT2D eigenvalue weighted by Gasteiger charge is -2.39. The second-order valence-corrected chi connectivity index (χ2v) is 18.6. The molecule has 0 spiro atoms. The van der Waals surface area contributed by atoms with E-state index in [-0.39, 0.29) is 4.60 Å². The van der Waals surface area contributed by atoms with Crippen molar-refractivity contribution in [2.24, 2.45) is 0 Å². The van der Waals surface area contributed by atoms with E-state index >= 15 is 4.39 Å². The number of nitrogens with one attached hydrogen (secondary N) is 1. The third-order valence-electron chi connectivity index (χ3n) is 6.46. The minimum Gasteiger partial charge on any atom is -0.598 e. The Morgan fingerprint density at radius 2 is 1.62 bits per heavy atom. The average Bonchev–Trinajstić information content (AvgIpc) is 2.68. The molecule has 196 valence electrons. The lowest BCUT2D eigenvalue weighted by atomic mass is 9.85. The Morgan fingerprint density at radius 3 is 1.94 bits per heavy atom. The topological polar surface area (TPSA) is 85.3 Å². The van der Waals surface area contributed by atoms with E-state index in [1.807, 2.05) is 41.5 Å². The normalized spacial score (nSPS) is 16.0. The molecule has 0 radical (unpaired) electrons. The van der Waals surface area contributed by atoms with Crippen molar-refractivity contribution in [1.82, 2.24) is 9.71 Å². The van der Waals surface area contributed by atoms with Gasteiger partial charge in [0, 0.05) is 11.4 Å². The van der Waals surface area contributed by atoms with Crippen LogP contribution in [0.3, 0.4) is 0 Å². The SMILES string of the molecule is CC[Si](CC)(CC)c1c(F)c(C(CC(=O)O)(N[S+]([O-])C(C)(C)C)C(F)F)nc(Br)c1C(C)(C)C. The lowest BCUT2D eigenvalue weighted by Crippen LogP contribution is -2.59. The molecule has 1 rings (SSSR count). The highest BCUT2D eigenvalue weighted by molar-refractivity contribution is 9.10. The molecule has 0 saturated carbocycles. The second kappa shape index (κ2) is 11.2. The Balaban J connectivity index is 4.26. The summed E-state index contributed by atoms with van der Waals surface area (Å²) in [6.07, 6.45) is -4.58. The van der Waals surface area contributed by atoms with Gasteiger partial charge in [0.2, 0.25) is 0 Å². The highest BCUT2D eigenvalue weighted by Crippen LogP contribution is 2.40. The Hall–Kier alpha value is -0.623. The number of carboxylic acid groups (broad SMARTS) is 1. The van der Waals surface area contributed by atoms with Crippen molar-refractivity contribution < 1.29 is 27.6 Å². The largest absolute Gasteiger partial charge is 0.598 e. The van der Waals surface area contributed by atoms with Gasteiger partial charge < -0.3 is 9.66 Å². The Labute approximate surface area is 214 Å². The number of rotatable bonds is 10. The third kappa shape index (κ3) is 6.19. The molecule has 1 heterocycles. The van der Waals surface area contributed by atoms with Crippen LogP contribution < -0.4 is 9.91 Å². The van der Waals surface area contributed by atoms with Gasteiger partial charge in [-0.15, -0.1) is 4.72 Å². The molecule has 34 heavy (non-hydrogen) atoms. The Bertz CT molecular complexity index is 881. The van der Waals surface area contributed by atoms with Crippen LogP contribution in [0, 0.1) is 5.82 Å². The molecule has 0 amide bonds. The molecular formula is C23H38BrF3N2O3SSi. The van der Waals surface area contributed by atoms with Crippen LogP contribution in [0.2, 0.25) is 18.1 Å². The van der Waals surface area contributed by atoms with Crippen molar-refractivity contribution in [3.8, 4) is 0 Å². The molecule has 0 aliphatic carbocycles. The predicted octanol–water partition coefficient (Wildman–Crippen LogP) is 5.98. The van der Waals surface area contributed by atoms with Crippen molar-refractivity contribution in [1.29, 1.82) is 0 Å². The first-order chi connectivity index (χ1) is 15.3. The molecular weight excluding hydrogens is 549 g/mol. The first-order valence-electron chi connectivity index (χ1n) is 11.4. The van der Waals surface area contributed by atoms with Crippen LogP contribution in [0.15, 0.2) is 4.60 Å². The summed E-state index contributed by atoms with van der Waals surface area (Å²) in [4.78, 5) is 16.0. The molecule has 5 nitrogen and oxygen atoms in total. The number of carboxylic acids is 1. The van der Waals surface area contributed by atoms with Gasteiger partial charge in [0.15, 0.2) is 5.54 Å². The van der Waals surface area contributed by atoms with E-state index in [9.17, 15) is 23.2 Å². The number of halogens is 4. The summed E-state index contributed by atoms with van der Waals surface area (Å²) >= 11 is 1.29. The van der Waals surface area contributed by atoms with E-state index in [1.54, 1.807) is 20.8 Å². The predicted molar refractivity (Wildman–Crippen MR) is 138 cm³/mol. The molecule has 1 aromatic rings. The molecule has 0 aliphatic rings. The number of carbonyl (C=O) groups is 1. The molecule has 0 fully saturated rings. The molecule has 1 aromatic heterocycles. The van der Waals surface area contributed by atoms with Crippen LogP contribution in [-0.2, 0) is 27.1 Å². The van der Waals surface area contributed by atoms with Crippen molar-refractivity contribution in [2.75, 3.05) is 0 Å². The standard InChI is InChI=1S/C23H38BrF3N2O3SSi/c1-10-34(11-2,12-3)17-15(21(4,5)6)19(24)28-18(16(17)25)23(20(26)27,13-14(30)31)29-33(32)22(7,8)9/h20,29H,10-13H2,1-9H3,(H,30,31). The smallest absolute Gasteiger partial charge is 0.306 e. The number of hydrogen-bond donors (Lipinski definition) is 2. The molecule has 0 aromatic carbocycles. The average molecular weight is 588 g/mol. The monoisotopic (exact) mass is 586 g/mol. The van der Waals surface area contributed by atoms with Crippen molar-refractivity contribution >= 4 is 46.5 Å². The summed E-state index contributed by atoms with van der Waals surface area (Å²) in [7, 11) is -2.53. The highest BCUT2D eigenvalue weighted by Gasteiger charge is 2.54. The summed E-state index contributed by atoms with van der Waals surface area (Å²) in [6.45, 7) is 16.3. The number of aromatic nitrogens is 1. The fourth-order valence-corrected chi connectivity index (χ4v) is 10.5. The van der Waals surface area contributed by atoms with Crippen LogP contribution in [0.5, 0.6) is 0 Å². The van der Waals surface area contributed by atoms with Gasteiger partial charge in [-0.25, -0.2) is 18.2 Å². The highest BCUT2D eigenvalue weighted by atomic mass is 79.9. The zero-order chi connectivity index (χ0) is 26.9. The number of hydrogen-bond acceptors (Lipinski definition) is 4. The van der Waals surface area contributed by atoms with Crippen LogP contribution >= 0.6 is 15.9 Å². The van der Waals surface area contributed by atoms with Gasteiger partial charge >= 0.3 is 5.97 Å². The minimum absolute atomic E-state index is 0.206. The zero-order valence-electron chi connectivity index (χ0n) is 21.5. The summed E-state index contributed by atoms with van der Waals surface area (Å²) < 4.78 is 60.7. The summed E-state index contributed by atoms with van der Waals surface area (Å²) in [5.41, 5.74) is -3.43. The van der Waals surface area contributed by atoms with Gasteiger partial charge in [-0.1, -0.05) is 59.7 Å². The van der Waals surface area contributed by atoms with Gasteiger partial charge in [-0.05, 0) is 52.9 Å². The number of aliphatic carboxylic acids is 1. The minimum atomic E-state index is -3.39. The van der Waals surface area contributed by atoms with E-state index in [1.165, 1.54) is 0 Å². The van der Waals surface area contributed by atoms with Crippen LogP contribution in [0.25, 0.3) is 0 Å². The third-order valence-corrected chi connectivity index (χ3v) is 14.3. The fraction of sp³-hybridized carbons (Fsp3) is 0.739. The molecule has 11 heteroatoms. The molecule has 2 N–H and O–H groups in total. The molecule has 0 aliphatic heterocycles. The maximum atomic E-state index is 16.6. The van der Waals surface area contributed by atoms with E-state index in [0.29, 0.717) is 28.9 Å². The number of nitrogens with zero attached hydrogens (tertiary/aromatic N) is 1. The van der Waals surface area contributed by atoms with Crippen molar-refractivity contribution in [3.63, 3.8) is 0 Å². The van der Waals surface area contributed by atoms with Gasteiger partial charge in [0.05, 0.1) is 14.5 Å². The van der Waals surface area contributed by atoms with Crippen LogP contribution in [0.4, 0.5) is 13.2 Å². The molecule has 0 saturated heterocycles. The molecule has 2 unspecified atom stereocenters. The lowest BCUT2D eigenvalue weighted by molar-refractivity contribution is -0.141. The Kier molecular flexibility index (Phi) is 10.3. The summed E-state index contributed by atoms with van der Waals surface area (Å²) in [5, 5.41) is 9.95.